The summed E-state index contributed by atoms with van der Waals surface area (Å²) >= 11 is 6.10. The fourth-order valence-electron chi connectivity index (χ4n) is 3.15. The molecule has 0 aliphatic heterocycles. The van der Waals surface area contributed by atoms with Gasteiger partial charge < -0.3 is 10.1 Å². The molecule has 11 heteroatoms. The summed E-state index contributed by atoms with van der Waals surface area (Å²) in [5.74, 6) is -1.14. The number of nitrogens with one attached hydrogen (secondary N) is 1. The predicted molar refractivity (Wildman–Crippen MR) is 121 cm³/mol. The minimum Gasteiger partial charge on any atom is -0.462 e. The van der Waals surface area contributed by atoms with E-state index in [1.165, 1.54) is 23.0 Å². The normalized spacial score (nSPS) is 10.7. The Bertz CT molecular complexity index is 1400. The number of fused-ring (bicyclic) bond motifs is 1. The second-order valence-electron chi connectivity index (χ2n) is 6.78. The molecule has 0 aliphatic carbocycles. The van der Waals surface area contributed by atoms with Gasteiger partial charge in [-0.25, -0.2) is 9.78 Å². The smallest absolute Gasteiger partial charge is 0.343 e. The highest BCUT2D eigenvalue weighted by Gasteiger charge is 2.24. The number of amides is 1. The number of aromatic nitrogens is 3. The third-order valence-electron chi connectivity index (χ3n) is 4.70. The maximum Gasteiger partial charge on any atom is 0.343 e. The van der Waals surface area contributed by atoms with E-state index in [-0.39, 0.29) is 34.3 Å². The first-order chi connectivity index (χ1) is 15.9. The van der Waals surface area contributed by atoms with E-state index in [0.717, 1.165) is 11.5 Å². The Morgan fingerprint density at radius 2 is 1.94 bits per heavy atom. The van der Waals surface area contributed by atoms with E-state index in [0.29, 0.717) is 11.3 Å². The van der Waals surface area contributed by atoms with Crippen LogP contribution in [0.2, 0.25) is 5.02 Å². The minimum absolute atomic E-state index is 0.00526. The molecule has 2 aromatic carbocycles. The minimum atomic E-state index is -0.767. The summed E-state index contributed by atoms with van der Waals surface area (Å²) in [6.45, 7) is 1.76. The third kappa shape index (κ3) is 4.37. The number of benzene rings is 2. The number of esters is 1. The van der Waals surface area contributed by atoms with Crippen LogP contribution in [0, 0.1) is 10.1 Å². The second kappa shape index (κ2) is 9.05. The van der Waals surface area contributed by atoms with Gasteiger partial charge >= 0.3 is 5.97 Å². The Morgan fingerprint density at radius 1 is 1.15 bits per heavy atom. The molecule has 4 aromatic rings. The van der Waals surface area contributed by atoms with Gasteiger partial charge in [-0.15, -0.1) is 0 Å². The molecule has 0 saturated heterocycles. The first-order valence-corrected chi connectivity index (χ1v) is 10.1. The lowest BCUT2D eigenvalue weighted by molar-refractivity contribution is -0.384. The molecule has 0 saturated carbocycles. The van der Waals surface area contributed by atoms with Crippen molar-refractivity contribution in [3.05, 3.63) is 87.1 Å². The molecule has 1 amide bonds. The zero-order valence-corrected chi connectivity index (χ0v) is 17.9. The molecule has 0 fully saturated rings. The average molecular weight is 466 g/mol. The summed E-state index contributed by atoms with van der Waals surface area (Å²) in [4.78, 5) is 40.5. The van der Waals surface area contributed by atoms with Gasteiger partial charge in [0, 0.05) is 17.5 Å². The molecular weight excluding hydrogens is 450 g/mol. The molecule has 0 spiro atoms. The average Bonchev–Trinajstić information content (AvgIpc) is 3.22. The van der Waals surface area contributed by atoms with Crippen LogP contribution in [0.15, 0.2) is 60.8 Å². The van der Waals surface area contributed by atoms with Crippen LogP contribution in [0.3, 0.4) is 0 Å². The number of ether oxygens (including phenoxy) is 1. The van der Waals surface area contributed by atoms with Gasteiger partial charge in [-0.05, 0) is 31.2 Å². The molecule has 2 aromatic heterocycles. The topological polar surface area (TPSA) is 129 Å². The Labute approximate surface area is 191 Å². The standard InChI is InChI=1S/C22H16ClN5O5/c1-2-33-22(30)16-12-24-27(19-10-7-13-5-3-4-6-18(13)25-19)20(16)26-21(29)15-11-14(28(31)32)8-9-17(15)23/h3-12H,2H2,1H3,(H,26,29). The van der Waals surface area contributed by atoms with Crippen LogP contribution in [0.25, 0.3) is 16.7 Å². The van der Waals surface area contributed by atoms with Crippen molar-refractivity contribution < 1.29 is 19.2 Å². The highest BCUT2D eigenvalue weighted by molar-refractivity contribution is 6.34. The van der Waals surface area contributed by atoms with Crippen LogP contribution in [0.4, 0.5) is 11.5 Å². The van der Waals surface area contributed by atoms with Crippen LogP contribution in [-0.4, -0.2) is 38.2 Å². The predicted octanol–water partition coefficient (Wildman–Crippen LogP) is 4.41. The zero-order chi connectivity index (χ0) is 23.5. The number of para-hydroxylation sites is 1. The fourth-order valence-corrected chi connectivity index (χ4v) is 3.35. The number of halogens is 1. The molecule has 2 heterocycles. The van der Waals surface area contributed by atoms with Crippen LogP contribution in [-0.2, 0) is 4.74 Å². The van der Waals surface area contributed by atoms with Gasteiger partial charge in [-0.2, -0.15) is 9.78 Å². The molecule has 33 heavy (non-hydrogen) atoms. The van der Waals surface area contributed by atoms with Gasteiger partial charge in [-0.1, -0.05) is 29.8 Å². The largest absolute Gasteiger partial charge is 0.462 e. The number of hydrogen-bond donors (Lipinski definition) is 1. The Kier molecular flexibility index (Phi) is 6.01. The van der Waals surface area contributed by atoms with Crippen molar-refractivity contribution in [2.24, 2.45) is 0 Å². The summed E-state index contributed by atoms with van der Waals surface area (Å²) in [7, 11) is 0. The molecule has 0 aliphatic rings. The first-order valence-electron chi connectivity index (χ1n) is 9.75. The number of anilines is 1. The number of nitro benzene ring substituents is 1. The van der Waals surface area contributed by atoms with Crippen LogP contribution < -0.4 is 5.32 Å². The van der Waals surface area contributed by atoms with E-state index in [9.17, 15) is 19.7 Å². The van der Waals surface area contributed by atoms with Gasteiger partial charge in [0.15, 0.2) is 11.6 Å². The van der Waals surface area contributed by atoms with Gasteiger partial charge in [0.1, 0.15) is 5.56 Å². The summed E-state index contributed by atoms with van der Waals surface area (Å²) < 4.78 is 6.35. The Morgan fingerprint density at radius 3 is 2.70 bits per heavy atom. The van der Waals surface area contributed by atoms with Gasteiger partial charge in [0.2, 0.25) is 0 Å². The van der Waals surface area contributed by atoms with Crippen molar-refractivity contribution >= 4 is 45.9 Å². The van der Waals surface area contributed by atoms with E-state index in [2.05, 4.69) is 15.4 Å². The number of carbonyl (C=O) groups excluding carboxylic acids is 2. The summed E-state index contributed by atoms with van der Waals surface area (Å²) in [6.07, 6.45) is 1.25. The number of non-ortho nitro benzene ring substituents is 1. The third-order valence-corrected chi connectivity index (χ3v) is 5.03. The second-order valence-corrected chi connectivity index (χ2v) is 7.18. The summed E-state index contributed by atoms with van der Waals surface area (Å²) in [5, 5.41) is 18.8. The molecule has 10 nitrogen and oxygen atoms in total. The van der Waals surface area contributed by atoms with Crippen molar-refractivity contribution in [3.63, 3.8) is 0 Å². The molecule has 0 atom stereocenters. The quantitative estimate of drug-likeness (QED) is 0.253. The van der Waals surface area contributed by atoms with E-state index in [4.69, 9.17) is 16.3 Å². The van der Waals surface area contributed by atoms with Crippen LogP contribution in [0.1, 0.15) is 27.6 Å². The lowest BCUT2D eigenvalue weighted by atomic mass is 10.2. The van der Waals surface area contributed by atoms with Crippen LogP contribution >= 0.6 is 11.6 Å². The SMILES string of the molecule is CCOC(=O)c1cnn(-c2ccc3ccccc3n2)c1NC(=O)c1cc([N+](=O)[O-])ccc1Cl. The molecule has 0 radical (unpaired) electrons. The number of pyridine rings is 1. The molecule has 166 valence electrons. The maximum atomic E-state index is 13.0. The van der Waals surface area contributed by atoms with E-state index in [1.807, 2.05) is 30.3 Å². The Hall–Kier alpha value is -4.31. The lowest BCUT2D eigenvalue weighted by Crippen LogP contribution is -2.19. The molecule has 4 rings (SSSR count). The Balaban J connectivity index is 1.79. The fraction of sp³-hybridized carbons (Fsp3) is 0.0909. The molecule has 1 N–H and O–H groups in total. The number of rotatable bonds is 6. The number of nitrogens with zero attached hydrogens (tertiary/aromatic N) is 4. The van der Waals surface area contributed by atoms with Gasteiger partial charge in [0.25, 0.3) is 11.6 Å². The highest BCUT2D eigenvalue weighted by atomic mass is 35.5. The van der Waals surface area contributed by atoms with Crippen molar-refractivity contribution in [2.45, 2.75) is 6.92 Å². The van der Waals surface area contributed by atoms with Crippen LogP contribution in [0.5, 0.6) is 0 Å². The number of nitro groups is 1. The van der Waals surface area contributed by atoms with Crippen molar-refractivity contribution in [1.82, 2.24) is 14.8 Å². The first kappa shape index (κ1) is 21.9. The van der Waals surface area contributed by atoms with Gasteiger partial charge in [0.05, 0.1) is 33.8 Å². The molecule has 0 unspecified atom stereocenters. The van der Waals surface area contributed by atoms with Crippen molar-refractivity contribution in [2.75, 3.05) is 11.9 Å². The summed E-state index contributed by atoms with van der Waals surface area (Å²) in [6, 6.07) is 14.4. The number of hydrogen-bond acceptors (Lipinski definition) is 7. The lowest BCUT2D eigenvalue weighted by Gasteiger charge is -2.12. The van der Waals surface area contributed by atoms with E-state index >= 15 is 0 Å². The van der Waals surface area contributed by atoms with Gasteiger partial charge in [-0.3, -0.25) is 14.9 Å². The van der Waals surface area contributed by atoms with Crippen molar-refractivity contribution in [3.8, 4) is 5.82 Å². The monoisotopic (exact) mass is 465 g/mol. The maximum absolute atomic E-state index is 13.0. The highest BCUT2D eigenvalue weighted by Crippen LogP contribution is 2.26. The zero-order valence-electron chi connectivity index (χ0n) is 17.2. The molecular formula is C22H16ClN5O5. The van der Waals surface area contributed by atoms with E-state index < -0.39 is 16.8 Å². The van der Waals surface area contributed by atoms with E-state index in [1.54, 1.807) is 13.0 Å². The molecule has 0 bridgehead atoms. The number of carbonyl (C=O) groups is 2. The summed E-state index contributed by atoms with van der Waals surface area (Å²) in [5.41, 5.74) is 0.226. The van der Waals surface area contributed by atoms with Crippen molar-refractivity contribution in [1.29, 1.82) is 0 Å².